The number of rotatable bonds is 10. The van der Waals surface area contributed by atoms with E-state index in [9.17, 15) is 0 Å². The molecule has 0 atom stereocenters. The molecule has 0 heterocycles. The lowest BCUT2D eigenvalue weighted by molar-refractivity contribution is 0.0139. The molecule has 0 amide bonds. The Balaban J connectivity index is 1.81. The summed E-state index contributed by atoms with van der Waals surface area (Å²) in [5.74, 6) is 0.884. The maximum atomic E-state index is 5.68. The van der Waals surface area contributed by atoms with E-state index in [0.29, 0.717) is 19.8 Å². The molecule has 0 unspecified atom stereocenters. The van der Waals surface area contributed by atoms with E-state index in [1.165, 1.54) is 18.4 Å². The summed E-state index contributed by atoms with van der Waals surface area (Å²) in [5.41, 5.74) is 2.37. The highest BCUT2D eigenvalue weighted by molar-refractivity contribution is 5.37. The van der Waals surface area contributed by atoms with Gasteiger partial charge >= 0.3 is 0 Å². The van der Waals surface area contributed by atoms with Gasteiger partial charge in [0.1, 0.15) is 5.75 Å². The Hall–Kier alpha value is -1.10. The van der Waals surface area contributed by atoms with E-state index in [0.717, 1.165) is 23.9 Å². The van der Waals surface area contributed by atoms with Crippen LogP contribution in [0.15, 0.2) is 18.2 Å². The molecule has 0 bridgehead atoms. The number of benzene rings is 1. The second-order valence-electron chi connectivity index (χ2n) is 5.77. The van der Waals surface area contributed by atoms with Crippen molar-refractivity contribution in [2.45, 2.75) is 52.0 Å². The fourth-order valence-corrected chi connectivity index (χ4v) is 2.13. The van der Waals surface area contributed by atoms with Gasteiger partial charge in [0.05, 0.1) is 33.0 Å². The SMILES string of the molecule is COc1ccc(CNC2CC2)cc1COCCOC(C)C. The van der Waals surface area contributed by atoms with Crippen LogP contribution in [-0.4, -0.2) is 32.5 Å². The van der Waals surface area contributed by atoms with Crippen molar-refractivity contribution in [3.8, 4) is 5.75 Å². The van der Waals surface area contributed by atoms with E-state index in [1.807, 2.05) is 19.9 Å². The topological polar surface area (TPSA) is 39.7 Å². The van der Waals surface area contributed by atoms with Crippen molar-refractivity contribution < 1.29 is 14.2 Å². The normalized spacial score (nSPS) is 14.7. The molecular formula is C17H27NO3. The van der Waals surface area contributed by atoms with Crippen molar-refractivity contribution in [2.24, 2.45) is 0 Å². The molecule has 1 aromatic rings. The largest absolute Gasteiger partial charge is 0.496 e. The van der Waals surface area contributed by atoms with Crippen molar-refractivity contribution in [3.63, 3.8) is 0 Å². The Kier molecular flexibility index (Phi) is 6.49. The van der Waals surface area contributed by atoms with Crippen molar-refractivity contribution in [3.05, 3.63) is 29.3 Å². The lowest BCUT2D eigenvalue weighted by atomic mass is 10.1. The summed E-state index contributed by atoms with van der Waals surface area (Å²) in [4.78, 5) is 0. The number of hydrogen-bond donors (Lipinski definition) is 1. The molecule has 0 aromatic heterocycles. The minimum absolute atomic E-state index is 0.250. The number of ether oxygens (including phenoxy) is 3. The van der Waals surface area contributed by atoms with Crippen LogP contribution in [0.4, 0.5) is 0 Å². The van der Waals surface area contributed by atoms with Crippen LogP contribution in [0.2, 0.25) is 0 Å². The van der Waals surface area contributed by atoms with Gasteiger partial charge in [0.25, 0.3) is 0 Å². The number of methoxy groups -OCH3 is 1. The molecule has 1 aromatic carbocycles. The second kappa shape index (κ2) is 8.37. The fraction of sp³-hybridized carbons (Fsp3) is 0.647. The summed E-state index contributed by atoms with van der Waals surface area (Å²) >= 11 is 0. The first kappa shape index (κ1) is 16.3. The van der Waals surface area contributed by atoms with E-state index in [4.69, 9.17) is 14.2 Å². The summed E-state index contributed by atoms with van der Waals surface area (Å²) in [6.07, 6.45) is 2.86. The van der Waals surface area contributed by atoms with Crippen molar-refractivity contribution in [1.29, 1.82) is 0 Å². The maximum Gasteiger partial charge on any atom is 0.124 e. The third kappa shape index (κ3) is 6.04. The predicted octanol–water partition coefficient (Wildman–Crippen LogP) is 2.89. The predicted molar refractivity (Wildman–Crippen MR) is 83.6 cm³/mol. The first-order chi connectivity index (χ1) is 10.2. The van der Waals surface area contributed by atoms with Gasteiger partial charge in [0, 0.05) is 18.2 Å². The van der Waals surface area contributed by atoms with Crippen LogP contribution in [0.1, 0.15) is 37.8 Å². The maximum absolute atomic E-state index is 5.68. The number of hydrogen-bond acceptors (Lipinski definition) is 4. The quantitative estimate of drug-likeness (QED) is 0.673. The van der Waals surface area contributed by atoms with Gasteiger partial charge in [0.2, 0.25) is 0 Å². The molecular weight excluding hydrogens is 266 g/mol. The van der Waals surface area contributed by atoms with Crippen LogP contribution in [0, 0.1) is 0 Å². The molecule has 1 N–H and O–H groups in total. The number of nitrogens with one attached hydrogen (secondary N) is 1. The van der Waals surface area contributed by atoms with Crippen LogP contribution < -0.4 is 10.1 Å². The highest BCUT2D eigenvalue weighted by atomic mass is 16.5. The monoisotopic (exact) mass is 293 g/mol. The molecule has 2 rings (SSSR count). The summed E-state index contributed by atoms with van der Waals surface area (Å²) in [6, 6.07) is 7.02. The van der Waals surface area contributed by atoms with Gasteiger partial charge in [-0.15, -0.1) is 0 Å². The minimum Gasteiger partial charge on any atom is -0.496 e. The van der Waals surface area contributed by atoms with Gasteiger partial charge in [-0.2, -0.15) is 0 Å². The minimum atomic E-state index is 0.250. The molecule has 1 aliphatic rings. The van der Waals surface area contributed by atoms with Crippen LogP contribution in [0.25, 0.3) is 0 Å². The van der Waals surface area contributed by atoms with E-state index in [2.05, 4.69) is 17.4 Å². The summed E-state index contributed by atoms with van der Waals surface area (Å²) < 4.78 is 16.5. The smallest absolute Gasteiger partial charge is 0.124 e. The molecule has 1 fully saturated rings. The lowest BCUT2D eigenvalue weighted by Gasteiger charge is -2.12. The summed E-state index contributed by atoms with van der Waals surface area (Å²) in [6.45, 7) is 6.76. The molecule has 4 heteroatoms. The van der Waals surface area contributed by atoms with Gasteiger partial charge in [-0.3, -0.25) is 0 Å². The van der Waals surface area contributed by atoms with Gasteiger partial charge in [-0.1, -0.05) is 6.07 Å². The molecule has 118 valence electrons. The third-order valence-corrected chi connectivity index (χ3v) is 3.45. The Morgan fingerprint density at radius 2 is 2.05 bits per heavy atom. The van der Waals surface area contributed by atoms with Gasteiger partial charge in [0.15, 0.2) is 0 Å². The van der Waals surface area contributed by atoms with E-state index < -0.39 is 0 Å². The molecule has 0 aliphatic heterocycles. The fourth-order valence-electron chi connectivity index (χ4n) is 2.13. The van der Waals surface area contributed by atoms with Crippen molar-refractivity contribution in [2.75, 3.05) is 20.3 Å². The Bertz CT molecular complexity index is 430. The first-order valence-electron chi connectivity index (χ1n) is 7.77. The zero-order chi connectivity index (χ0) is 15.1. The van der Waals surface area contributed by atoms with E-state index >= 15 is 0 Å². The third-order valence-electron chi connectivity index (χ3n) is 3.45. The molecule has 4 nitrogen and oxygen atoms in total. The molecule has 1 aliphatic carbocycles. The van der Waals surface area contributed by atoms with Gasteiger partial charge < -0.3 is 19.5 Å². The average Bonchev–Trinajstić information content (AvgIpc) is 3.29. The Morgan fingerprint density at radius 3 is 2.71 bits per heavy atom. The standard InChI is InChI=1S/C17H27NO3/c1-13(2)21-9-8-20-12-15-10-14(4-7-17(15)19-3)11-18-16-5-6-16/h4,7,10,13,16,18H,5-6,8-9,11-12H2,1-3H3. The molecule has 0 saturated heterocycles. The Labute approximate surface area is 127 Å². The average molecular weight is 293 g/mol. The van der Waals surface area contributed by atoms with Crippen LogP contribution in [0.3, 0.4) is 0 Å². The summed E-state index contributed by atoms with van der Waals surface area (Å²) in [5, 5.41) is 3.52. The zero-order valence-corrected chi connectivity index (χ0v) is 13.4. The van der Waals surface area contributed by atoms with Gasteiger partial charge in [-0.05, 0) is 44.4 Å². The molecule has 21 heavy (non-hydrogen) atoms. The van der Waals surface area contributed by atoms with Crippen LogP contribution in [0.5, 0.6) is 5.75 Å². The van der Waals surface area contributed by atoms with Crippen molar-refractivity contribution >= 4 is 0 Å². The lowest BCUT2D eigenvalue weighted by Crippen LogP contribution is -2.15. The van der Waals surface area contributed by atoms with Crippen LogP contribution >= 0.6 is 0 Å². The molecule has 1 saturated carbocycles. The van der Waals surface area contributed by atoms with E-state index in [-0.39, 0.29) is 6.10 Å². The molecule has 0 radical (unpaired) electrons. The Morgan fingerprint density at radius 1 is 1.24 bits per heavy atom. The zero-order valence-electron chi connectivity index (χ0n) is 13.4. The second-order valence-corrected chi connectivity index (χ2v) is 5.77. The highest BCUT2D eigenvalue weighted by Crippen LogP contribution is 2.23. The van der Waals surface area contributed by atoms with Crippen LogP contribution in [-0.2, 0) is 22.6 Å². The van der Waals surface area contributed by atoms with Gasteiger partial charge in [-0.25, -0.2) is 0 Å². The van der Waals surface area contributed by atoms with Crippen molar-refractivity contribution in [1.82, 2.24) is 5.32 Å². The summed E-state index contributed by atoms with van der Waals surface area (Å²) in [7, 11) is 1.70. The van der Waals surface area contributed by atoms with E-state index in [1.54, 1.807) is 7.11 Å². The molecule has 0 spiro atoms. The highest BCUT2D eigenvalue weighted by Gasteiger charge is 2.20. The first-order valence-corrected chi connectivity index (χ1v) is 7.77.